The molecule has 0 atom stereocenters. The molecule has 0 saturated carbocycles. The van der Waals surface area contributed by atoms with Gasteiger partial charge in [-0.1, -0.05) is 0 Å². The standard InChI is InChI=1S/C6H5.Ce.H2N2O2/c1-2-4-6-5-3-1;;3-1-2-4/h1-5H;;(H2,1,2,3,4)/q-1;+3;/p-1. The van der Waals surface area contributed by atoms with Crippen molar-refractivity contribution >= 4 is 0 Å². The number of nitroso groups, excluding NO2 is 1. The van der Waals surface area contributed by atoms with Crippen LogP contribution in [0.1, 0.15) is 0 Å². The minimum Gasteiger partial charge on any atom is -0.456 e. The van der Waals surface area contributed by atoms with Crippen molar-refractivity contribution in [2.75, 3.05) is 0 Å². The van der Waals surface area contributed by atoms with Gasteiger partial charge in [0.2, 0.25) is 0 Å². The molecule has 11 heavy (non-hydrogen) atoms. The first-order chi connectivity index (χ1) is 4.91. The van der Waals surface area contributed by atoms with E-state index < -0.39 is 0 Å². The van der Waals surface area contributed by atoms with Crippen molar-refractivity contribution in [1.82, 2.24) is 0 Å². The van der Waals surface area contributed by atoms with E-state index in [4.69, 9.17) is 10.1 Å². The van der Waals surface area contributed by atoms with Crippen LogP contribution >= 0.6 is 0 Å². The summed E-state index contributed by atoms with van der Waals surface area (Å²) >= 11 is 0. The van der Waals surface area contributed by atoms with Crippen molar-refractivity contribution in [3.8, 4) is 0 Å². The third-order valence-corrected chi connectivity index (χ3v) is 0.644. The molecule has 0 fully saturated rings. The Morgan fingerprint density at radius 3 is 1.82 bits per heavy atom. The van der Waals surface area contributed by atoms with Crippen molar-refractivity contribution in [3.63, 3.8) is 0 Å². The molecular weight excluding hydrogens is 272 g/mol. The molecule has 4 nitrogen and oxygen atoms in total. The SMILES string of the molecule is O=N[N-]O.[Ce+3].[c-]1ccccc1. The Morgan fingerprint density at radius 2 is 1.73 bits per heavy atom. The van der Waals surface area contributed by atoms with Crippen LogP contribution in [0.25, 0.3) is 5.59 Å². The number of hydrogen-bond acceptors (Lipinski definition) is 3. The minimum absolute atomic E-state index is 0. The molecular formula is C6H6CeN2O2+. The van der Waals surface area contributed by atoms with Gasteiger partial charge in [0.05, 0.1) is 0 Å². The largest absolute Gasteiger partial charge is 3.00 e. The topological polar surface area (TPSA) is 63.8 Å². The van der Waals surface area contributed by atoms with Gasteiger partial charge in [-0.2, -0.15) is 41.3 Å². The van der Waals surface area contributed by atoms with Crippen LogP contribution in [0.3, 0.4) is 0 Å². The van der Waals surface area contributed by atoms with E-state index in [1.165, 1.54) is 0 Å². The van der Waals surface area contributed by atoms with Crippen LogP contribution in [0.4, 0.5) is 0 Å². The van der Waals surface area contributed by atoms with Gasteiger partial charge in [0.15, 0.2) is 0 Å². The van der Waals surface area contributed by atoms with Crippen molar-refractivity contribution in [2.45, 2.75) is 0 Å². The van der Waals surface area contributed by atoms with E-state index in [0.29, 0.717) is 0 Å². The Balaban J connectivity index is 0. The zero-order valence-corrected chi connectivity index (χ0v) is 8.78. The number of benzene rings is 1. The van der Waals surface area contributed by atoms with Crippen LogP contribution in [0, 0.1) is 52.7 Å². The molecule has 0 amide bonds. The Bertz CT molecular complexity index is 133. The zero-order chi connectivity index (χ0) is 7.66. The number of nitrogens with zero attached hydrogens (tertiary/aromatic N) is 2. The van der Waals surface area contributed by atoms with Crippen LogP contribution in [0.2, 0.25) is 0 Å². The van der Waals surface area contributed by atoms with Crippen LogP contribution in [0.15, 0.2) is 35.6 Å². The maximum absolute atomic E-state index is 8.51. The molecule has 1 radical (unpaired) electrons. The fourth-order valence-corrected chi connectivity index (χ4v) is 0.342. The summed E-state index contributed by atoms with van der Waals surface area (Å²) in [5.74, 6) is 0. The molecule has 0 spiro atoms. The number of rotatable bonds is 1. The smallest absolute Gasteiger partial charge is 0.456 e. The molecule has 1 N–H and O–H groups in total. The number of hydrogen-bond donors (Lipinski definition) is 1. The summed E-state index contributed by atoms with van der Waals surface area (Å²) in [4.78, 5) is 8.51. The fourth-order valence-electron chi connectivity index (χ4n) is 0.342. The summed E-state index contributed by atoms with van der Waals surface area (Å²) in [5, 5.41) is 8.69. The second kappa shape index (κ2) is 12.6. The third kappa shape index (κ3) is 13.0. The minimum atomic E-state index is 0. The molecule has 0 heterocycles. The normalized spacial score (nSPS) is 6.27. The van der Waals surface area contributed by atoms with Crippen LogP contribution in [-0.2, 0) is 0 Å². The third-order valence-electron chi connectivity index (χ3n) is 0.644. The van der Waals surface area contributed by atoms with Gasteiger partial charge >= 0.3 is 41.7 Å². The zero-order valence-electron chi connectivity index (χ0n) is 5.64. The summed E-state index contributed by atoms with van der Waals surface area (Å²) in [7, 11) is 0. The summed E-state index contributed by atoms with van der Waals surface area (Å²) in [6, 6.07) is 12.5. The molecule has 55 valence electrons. The predicted octanol–water partition coefficient (Wildman–Crippen LogP) is 1.92. The van der Waals surface area contributed by atoms with Crippen molar-refractivity contribution in [2.24, 2.45) is 5.29 Å². The molecule has 5 heteroatoms. The Hall–Kier alpha value is -0.0434. The molecule has 0 saturated heterocycles. The van der Waals surface area contributed by atoms with Gasteiger partial charge in [-0.05, 0) is 0 Å². The van der Waals surface area contributed by atoms with Gasteiger partial charge in [-0.15, -0.1) is 5.29 Å². The molecule has 0 aromatic heterocycles. The Labute approximate surface area is 98.3 Å². The van der Waals surface area contributed by atoms with Crippen LogP contribution < -0.4 is 0 Å². The van der Waals surface area contributed by atoms with E-state index >= 15 is 0 Å². The van der Waals surface area contributed by atoms with Crippen molar-refractivity contribution in [3.05, 3.63) is 46.9 Å². The average molecular weight is 278 g/mol. The van der Waals surface area contributed by atoms with Crippen molar-refractivity contribution < 1.29 is 47.0 Å². The quantitative estimate of drug-likeness (QED) is 0.484. The molecule has 1 rings (SSSR count). The first kappa shape index (κ1) is 13.5. The van der Waals surface area contributed by atoms with Crippen LogP contribution in [0.5, 0.6) is 0 Å². The van der Waals surface area contributed by atoms with E-state index in [1.807, 2.05) is 30.3 Å². The predicted molar refractivity (Wildman–Crippen MR) is 36.2 cm³/mol. The summed E-state index contributed by atoms with van der Waals surface area (Å²) in [6.45, 7) is 0. The molecule has 0 aliphatic heterocycles. The van der Waals surface area contributed by atoms with E-state index in [-0.39, 0.29) is 41.7 Å². The monoisotopic (exact) mass is 278 g/mol. The van der Waals surface area contributed by atoms with E-state index in [9.17, 15) is 0 Å². The van der Waals surface area contributed by atoms with Gasteiger partial charge in [0, 0.05) is 0 Å². The maximum atomic E-state index is 8.51. The molecule has 1 aromatic rings. The van der Waals surface area contributed by atoms with Gasteiger partial charge < -0.3 is 10.8 Å². The molecule has 0 aliphatic carbocycles. The van der Waals surface area contributed by atoms with Crippen molar-refractivity contribution in [1.29, 1.82) is 0 Å². The second-order valence-electron chi connectivity index (χ2n) is 1.25. The second-order valence-corrected chi connectivity index (χ2v) is 1.25. The summed E-state index contributed by atoms with van der Waals surface area (Å²) in [5.41, 5.74) is 1.81. The molecule has 0 bridgehead atoms. The van der Waals surface area contributed by atoms with Gasteiger partial charge in [0.25, 0.3) is 0 Å². The summed E-state index contributed by atoms with van der Waals surface area (Å²) in [6.07, 6.45) is 0. The molecule has 1 aromatic carbocycles. The fraction of sp³-hybridized carbons (Fsp3) is 0. The Morgan fingerprint density at radius 1 is 1.27 bits per heavy atom. The van der Waals surface area contributed by atoms with Gasteiger partial charge in [-0.3, -0.25) is 0 Å². The van der Waals surface area contributed by atoms with E-state index in [2.05, 4.69) is 6.07 Å². The van der Waals surface area contributed by atoms with Crippen LogP contribution in [-0.4, -0.2) is 5.21 Å². The van der Waals surface area contributed by atoms with E-state index in [0.717, 1.165) is 0 Å². The molecule has 0 unspecified atom stereocenters. The average Bonchev–Trinajstić information content (AvgIpc) is 2.08. The van der Waals surface area contributed by atoms with E-state index in [1.54, 1.807) is 10.9 Å². The maximum Gasteiger partial charge on any atom is 3.00 e. The Kier molecular flexibility index (Phi) is 15.5. The summed E-state index contributed by atoms with van der Waals surface area (Å²) < 4.78 is 0. The van der Waals surface area contributed by atoms with Gasteiger partial charge in [0.1, 0.15) is 0 Å². The molecule has 0 aliphatic rings. The first-order valence-electron chi connectivity index (χ1n) is 2.49. The van der Waals surface area contributed by atoms with Gasteiger partial charge in [-0.25, -0.2) is 0 Å². The first-order valence-corrected chi connectivity index (χ1v) is 2.49.